The number of carboxylic acids is 1. The van der Waals surface area contributed by atoms with Gasteiger partial charge in [-0.25, -0.2) is 9.78 Å². The van der Waals surface area contributed by atoms with Crippen LogP contribution in [0.25, 0.3) is 0 Å². The van der Waals surface area contributed by atoms with Crippen molar-refractivity contribution in [3.8, 4) is 17.7 Å². The number of hydrogen-bond donors (Lipinski definition) is 1. The van der Waals surface area contributed by atoms with Gasteiger partial charge in [-0.05, 0) is 43.7 Å². The topological polar surface area (TPSA) is 83.2 Å². The third-order valence-corrected chi connectivity index (χ3v) is 3.04. The van der Waals surface area contributed by atoms with Crippen LogP contribution in [-0.2, 0) is 0 Å². The Balaban J connectivity index is 2.53. The van der Waals surface area contributed by atoms with Gasteiger partial charge < -0.3 is 9.84 Å². The zero-order valence-electron chi connectivity index (χ0n) is 11.3. The standard InChI is InChI=1S/C15H11ClN2O3/c1-8-5-9(2)18-14(12(8)7-17)21-13-4-3-10(16)6-11(13)15(19)20/h3-6H,1-2H3,(H,19,20). The highest BCUT2D eigenvalue weighted by molar-refractivity contribution is 6.31. The van der Waals surface area contributed by atoms with E-state index in [2.05, 4.69) is 4.98 Å². The zero-order chi connectivity index (χ0) is 15.6. The number of hydrogen-bond acceptors (Lipinski definition) is 4. The number of halogens is 1. The van der Waals surface area contributed by atoms with Crippen molar-refractivity contribution in [2.24, 2.45) is 0 Å². The van der Waals surface area contributed by atoms with E-state index in [1.54, 1.807) is 19.9 Å². The monoisotopic (exact) mass is 302 g/mol. The van der Waals surface area contributed by atoms with E-state index in [0.29, 0.717) is 11.3 Å². The van der Waals surface area contributed by atoms with E-state index in [1.807, 2.05) is 6.07 Å². The van der Waals surface area contributed by atoms with Gasteiger partial charge in [0.1, 0.15) is 22.9 Å². The lowest BCUT2D eigenvalue weighted by molar-refractivity contribution is 0.0694. The Kier molecular flexibility index (Phi) is 4.10. The minimum Gasteiger partial charge on any atom is -0.478 e. The van der Waals surface area contributed by atoms with Crippen molar-refractivity contribution in [2.45, 2.75) is 13.8 Å². The predicted molar refractivity (Wildman–Crippen MR) is 76.9 cm³/mol. The summed E-state index contributed by atoms with van der Waals surface area (Å²) >= 11 is 5.79. The average Bonchev–Trinajstić information content (AvgIpc) is 2.40. The van der Waals surface area contributed by atoms with Gasteiger partial charge in [-0.15, -0.1) is 0 Å². The number of aryl methyl sites for hydroxylation is 2. The molecule has 5 nitrogen and oxygen atoms in total. The van der Waals surface area contributed by atoms with Crippen LogP contribution in [0, 0.1) is 25.2 Å². The molecule has 0 aliphatic heterocycles. The van der Waals surface area contributed by atoms with E-state index in [0.717, 1.165) is 0 Å². The normalized spacial score (nSPS) is 10.0. The first-order valence-corrected chi connectivity index (χ1v) is 6.39. The summed E-state index contributed by atoms with van der Waals surface area (Å²) in [5.74, 6) is -1.00. The summed E-state index contributed by atoms with van der Waals surface area (Å²) in [5.41, 5.74) is 1.57. The lowest BCUT2D eigenvalue weighted by Crippen LogP contribution is -2.03. The predicted octanol–water partition coefficient (Wildman–Crippen LogP) is 3.71. The molecule has 0 unspecified atom stereocenters. The average molecular weight is 303 g/mol. The first kappa shape index (κ1) is 14.8. The highest BCUT2D eigenvalue weighted by atomic mass is 35.5. The van der Waals surface area contributed by atoms with E-state index in [4.69, 9.17) is 16.3 Å². The molecular weight excluding hydrogens is 292 g/mol. The number of carboxylic acid groups (broad SMARTS) is 1. The summed E-state index contributed by atoms with van der Waals surface area (Å²) in [4.78, 5) is 15.4. The lowest BCUT2D eigenvalue weighted by Gasteiger charge is -2.11. The van der Waals surface area contributed by atoms with Gasteiger partial charge in [0.2, 0.25) is 5.88 Å². The number of rotatable bonds is 3. The van der Waals surface area contributed by atoms with Gasteiger partial charge in [0.15, 0.2) is 0 Å². The van der Waals surface area contributed by atoms with Crippen LogP contribution in [0.5, 0.6) is 11.6 Å². The highest BCUT2D eigenvalue weighted by Gasteiger charge is 2.16. The second-order valence-electron chi connectivity index (χ2n) is 4.42. The van der Waals surface area contributed by atoms with E-state index in [-0.39, 0.29) is 27.8 Å². The molecule has 0 saturated heterocycles. The summed E-state index contributed by atoms with van der Waals surface area (Å²) in [6.07, 6.45) is 0. The van der Waals surface area contributed by atoms with E-state index < -0.39 is 5.97 Å². The fourth-order valence-electron chi connectivity index (χ4n) is 1.87. The van der Waals surface area contributed by atoms with Crippen LogP contribution in [0.15, 0.2) is 24.3 Å². The fourth-order valence-corrected chi connectivity index (χ4v) is 2.05. The molecule has 1 heterocycles. The second kappa shape index (κ2) is 5.81. The number of nitriles is 1. The third-order valence-electron chi connectivity index (χ3n) is 2.80. The summed E-state index contributed by atoms with van der Waals surface area (Å²) in [7, 11) is 0. The minimum absolute atomic E-state index is 0.0832. The zero-order valence-corrected chi connectivity index (χ0v) is 12.1. The quantitative estimate of drug-likeness (QED) is 0.934. The van der Waals surface area contributed by atoms with Crippen LogP contribution in [-0.4, -0.2) is 16.1 Å². The van der Waals surface area contributed by atoms with Crippen molar-refractivity contribution in [2.75, 3.05) is 0 Å². The summed E-state index contributed by atoms with van der Waals surface area (Å²) in [6, 6.07) is 8.00. The molecule has 0 atom stereocenters. The van der Waals surface area contributed by atoms with Gasteiger partial charge in [0.05, 0.1) is 0 Å². The Bertz CT molecular complexity index is 766. The van der Waals surface area contributed by atoms with Crippen molar-refractivity contribution < 1.29 is 14.6 Å². The van der Waals surface area contributed by atoms with Crippen LogP contribution >= 0.6 is 11.6 Å². The SMILES string of the molecule is Cc1cc(C)c(C#N)c(Oc2ccc(Cl)cc2C(=O)O)n1. The summed E-state index contributed by atoms with van der Waals surface area (Å²) < 4.78 is 5.54. The number of ether oxygens (including phenoxy) is 1. The first-order chi connectivity index (χ1) is 9.92. The Morgan fingerprint density at radius 3 is 2.71 bits per heavy atom. The molecule has 1 N–H and O–H groups in total. The molecule has 0 aliphatic rings. The van der Waals surface area contributed by atoms with Gasteiger partial charge in [-0.3, -0.25) is 0 Å². The largest absolute Gasteiger partial charge is 0.478 e. The van der Waals surface area contributed by atoms with Crippen molar-refractivity contribution >= 4 is 17.6 Å². The van der Waals surface area contributed by atoms with Crippen LogP contribution in [0.2, 0.25) is 5.02 Å². The molecule has 0 saturated carbocycles. The molecule has 0 radical (unpaired) electrons. The lowest BCUT2D eigenvalue weighted by atomic mass is 10.1. The molecule has 0 aliphatic carbocycles. The Morgan fingerprint density at radius 1 is 1.38 bits per heavy atom. The van der Waals surface area contributed by atoms with Gasteiger partial charge >= 0.3 is 5.97 Å². The number of pyridine rings is 1. The van der Waals surface area contributed by atoms with Crippen LogP contribution in [0.1, 0.15) is 27.2 Å². The van der Waals surface area contributed by atoms with Gasteiger partial charge in [0, 0.05) is 10.7 Å². The molecule has 0 fully saturated rings. The molecule has 2 aromatic rings. The smallest absolute Gasteiger partial charge is 0.339 e. The molecule has 1 aromatic carbocycles. The third kappa shape index (κ3) is 3.12. The van der Waals surface area contributed by atoms with Crippen molar-refractivity contribution in [3.05, 3.63) is 51.7 Å². The number of aromatic nitrogens is 1. The van der Waals surface area contributed by atoms with Crippen molar-refractivity contribution in [1.82, 2.24) is 4.98 Å². The number of carbonyl (C=O) groups is 1. The van der Waals surface area contributed by atoms with Gasteiger partial charge in [0.25, 0.3) is 0 Å². The Hall–Kier alpha value is -2.58. The number of aromatic carboxylic acids is 1. The van der Waals surface area contributed by atoms with E-state index in [1.165, 1.54) is 18.2 Å². The molecule has 2 rings (SSSR count). The summed E-state index contributed by atoms with van der Waals surface area (Å²) in [5, 5.41) is 18.6. The maximum Gasteiger partial charge on any atom is 0.339 e. The van der Waals surface area contributed by atoms with Crippen LogP contribution in [0.3, 0.4) is 0 Å². The minimum atomic E-state index is -1.17. The van der Waals surface area contributed by atoms with E-state index in [9.17, 15) is 15.2 Å². The molecule has 0 amide bonds. The first-order valence-electron chi connectivity index (χ1n) is 6.01. The second-order valence-corrected chi connectivity index (χ2v) is 4.86. The van der Waals surface area contributed by atoms with Crippen LogP contribution < -0.4 is 4.74 Å². The number of benzene rings is 1. The van der Waals surface area contributed by atoms with Crippen molar-refractivity contribution in [1.29, 1.82) is 5.26 Å². The fraction of sp³-hybridized carbons (Fsp3) is 0.133. The highest BCUT2D eigenvalue weighted by Crippen LogP contribution is 2.30. The van der Waals surface area contributed by atoms with Crippen LogP contribution in [0.4, 0.5) is 0 Å². The van der Waals surface area contributed by atoms with E-state index >= 15 is 0 Å². The molecule has 21 heavy (non-hydrogen) atoms. The maximum absolute atomic E-state index is 11.2. The molecular formula is C15H11ClN2O3. The van der Waals surface area contributed by atoms with Crippen molar-refractivity contribution in [3.63, 3.8) is 0 Å². The molecule has 6 heteroatoms. The molecule has 106 valence electrons. The van der Waals surface area contributed by atoms with Gasteiger partial charge in [-0.1, -0.05) is 11.6 Å². The molecule has 1 aromatic heterocycles. The Labute approximate surface area is 126 Å². The Morgan fingerprint density at radius 2 is 2.10 bits per heavy atom. The summed E-state index contributed by atoms with van der Waals surface area (Å²) in [6.45, 7) is 3.53. The van der Waals surface area contributed by atoms with Gasteiger partial charge in [-0.2, -0.15) is 5.26 Å². The molecule has 0 bridgehead atoms. The maximum atomic E-state index is 11.2. The number of nitrogens with zero attached hydrogens (tertiary/aromatic N) is 2. The molecule has 0 spiro atoms.